The molecule has 6 nitrogen and oxygen atoms in total. The van der Waals surface area contributed by atoms with Crippen LogP contribution in [-0.2, 0) is 19.1 Å². The maximum Gasteiger partial charge on any atom is 0.316 e. The van der Waals surface area contributed by atoms with Crippen LogP contribution < -0.4 is 0 Å². The molecular weight excluding hydrogens is 500 g/mol. The summed E-state index contributed by atoms with van der Waals surface area (Å²) in [5, 5.41) is 8.36. The molecule has 0 aromatic carbocycles. The van der Waals surface area contributed by atoms with Crippen molar-refractivity contribution in [3.8, 4) is 0 Å². The lowest BCUT2D eigenvalue weighted by Crippen LogP contribution is -2.36. The molecule has 1 heterocycles. The number of ether oxygens (including phenoxy) is 2. The van der Waals surface area contributed by atoms with Gasteiger partial charge in [0.2, 0.25) is 0 Å². The summed E-state index contributed by atoms with van der Waals surface area (Å²) in [6.45, 7) is 13.3. The summed E-state index contributed by atoms with van der Waals surface area (Å²) in [5.41, 5.74) is 0. The zero-order chi connectivity index (χ0) is 25.5. The molecule has 0 unspecified atom stereocenters. The predicted molar refractivity (Wildman–Crippen MR) is 144 cm³/mol. The largest absolute Gasteiger partial charge is 0.461 e. The maximum atomic E-state index is 12.5. The molecule has 0 saturated heterocycles. The van der Waals surface area contributed by atoms with Gasteiger partial charge in [0.15, 0.2) is 8.68 Å². The Kier molecular flexibility index (Phi) is 11.2. The molecule has 0 N–H and O–H groups in total. The van der Waals surface area contributed by atoms with E-state index in [-0.39, 0.29) is 35.7 Å². The van der Waals surface area contributed by atoms with Crippen molar-refractivity contribution in [2.45, 2.75) is 101 Å². The van der Waals surface area contributed by atoms with Crippen LogP contribution in [0, 0.1) is 35.5 Å². The van der Waals surface area contributed by atoms with Crippen LogP contribution in [0.1, 0.15) is 80.1 Å². The molecule has 0 bridgehead atoms. The minimum absolute atomic E-state index is 0.0147. The molecule has 2 aliphatic rings. The highest BCUT2D eigenvalue weighted by molar-refractivity contribution is 8.03. The van der Waals surface area contributed by atoms with Gasteiger partial charge in [-0.2, -0.15) is 0 Å². The van der Waals surface area contributed by atoms with Crippen molar-refractivity contribution in [1.29, 1.82) is 0 Å². The van der Waals surface area contributed by atoms with Crippen LogP contribution >= 0.6 is 34.9 Å². The Morgan fingerprint density at radius 1 is 0.800 bits per heavy atom. The van der Waals surface area contributed by atoms with Crippen LogP contribution in [0.4, 0.5) is 0 Å². The average molecular weight is 543 g/mol. The summed E-state index contributed by atoms with van der Waals surface area (Å²) in [5.74, 6) is 3.20. The molecule has 0 spiro atoms. The van der Waals surface area contributed by atoms with E-state index in [4.69, 9.17) is 9.47 Å². The van der Waals surface area contributed by atoms with Gasteiger partial charge in [-0.25, -0.2) is 0 Å². The monoisotopic (exact) mass is 542 g/mol. The quantitative estimate of drug-likeness (QED) is 0.238. The highest BCUT2D eigenvalue weighted by Crippen LogP contribution is 2.37. The summed E-state index contributed by atoms with van der Waals surface area (Å²) in [4.78, 5) is 25.0. The molecule has 198 valence electrons. The van der Waals surface area contributed by atoms with E-state index in [2.05, 4.69) is 51.7 Å². The third-order valence-corrected chi connectivity index (χ3v) is 10.6. The maximum absolute atomic E-state index is 12.5. The van der Waals surface area contributed by atoms with Gasteiger partial charge in [-0.3, -0.25) is 9.59 Å². The Balaban J connectivity index is 1.41. The second-order valence-electron chi connectivity index (χ2n) is 11.1. The third-order valence-electron chi connectivity index (χ3n) is 7.50. The van der Waals surface area contributed by atoms with Gasteiger partial charge >= 0.3 is 11.9 Å². The molecule has 0 aliphatic heterocycles. The van der Waals surface area contributed by atoms with Crippen LogP contribution in [0.5, 0.6) is 0 Å². The van der Waals surface area contributed by atoms with Crippen molar-refractivity contribution in [1.82, 2.24) is 10.2 Å². The van der Waals surface area contributed by atoms with Gasteiger partial charge in [0, 0.05) is 0 Å². The topological polar surface area (TPSA) is 78.4 Å². The predicted octanol–water partition coefficient (Wildman–Crippen LogP) is 6.73. The molecule has 0 amide bonds. The molecule has 0 radical (unpaired) electrons. The van der Waals surface area contributed by atoms with E-state index in [1.54, 1.807) is 0 Å². The highest BCUT2D eigenvalue weighted by atomic mass is 32.2. The zero-order valence-electron chi connectivity index (χ0n) is 22.0. The van der Waals surface area contributed by atoms with E-state index < -0.39 is 0 Å². The van der Waals surface area contributed by atoms with Gasteiger partial charge < -0.3 is 9.47 Å². The number of thioether (sulfide) groups is 2. The average Bonchev–Trinajstić information content (AvgIpc) is 3.24. The van der Waals surface area contributed by atoms with Crippen molar-refractivity contribution < 1.29 is 19.1 Å². The first-order valence-electron chi connectivity index (χ1n) is 13.1. The molecule has 3 rings (SSSR count). The van der Waals surface area contributed by atoms with Gasteiger partial charge in [-0.1, -0.05) is 89.2 Å². The van der Waals surface area contributed by atoms with Crippen LogP contribution in [0.3, 0.4) is 0 Å². The van der Waals surface area contributed by atoms with Crippen LogP contribution in [-0.4, -0.2) is 45.8 Å². The molecule has 9 heteroatoms. The summed E-state index contributed by atoms with van der Waals surface area (Å²) in [7, 11) is 0. The molecule has 6 atom stereocenters. The summed E-state index contributed by atoms with van der Waals surface area (Å²) in [6, 6.07) is 0. The van der Waals surface area contributed by atoms with Crippen LogP contribution in [0.15, 0.2) is 8.68 Å². The Labute approximate surface area is 223 Å². The van der Waals surface area contributed by atoms with Gasteiger partial charge in [-0.15, -0.1) is 10.2 Å². The molecule has 35 heavy (non-hydrogen) atoms. The second kappa shape index (κ2) is 13.7. The van der Waals surface area contributed by atoms with Gasteiger partial charge in [-0.05, 0) is 61.2 Å². The van der Waals surface area contributed by atoms with Crippen LogP contribution in [0.2, 0.25) is 0 Å². The van der Waals surface area contributed by atoms with Gasteiger partial charge in [0.05, 0.1) is 11.5 Å². The zero-order valence-corrected chi connectivity index (χ0v) is 24.5. The molecule has 1 aromatic rings. The van der Waals surface area contributed by atoms with Crippen molar-refractivity contribution >= 4 is 46.8 Å². The fourth-order valence-electron chi connectivity index (χ4n) is 5.46. The minimum atomic E-state index is -0.186. The van der Waals surface area contributed by atoms with E-state index >= 15 is 0 Å². The first-order valence-corrected chi connectivity index (χ1v) is 15.9. The van der Waals surface area contributed by atoms with Crippen molar-refractivity contribution in [2.24, 2.45) is 35.5 Å². The molecule has 1 aromatic heterocycles. The highest BCUT2D eigenvalue weighted by Gasteiger charge is 2.34. The molecule has 2 fully saturated rings. The van der Waals surface area contributed by atoms with Crippen molar-refractivity contribution in [2.75, 3.05) is 11.5 Å². The second-order valence-corrected chi connectivity index (χ2v) is 14.5. The summed E-state index contributed by atoms with van der Waals surface area (Å²) < 4.78 is 13.2. The number of rotatable bonds is 10. The van der Waals surface area contributed by atoms with E-state index in [1.165, 1.54) is 47.7 Å². The molecular formula is C26H42N2O4S3. The standard InChI is InChI=1S/C26H42N2O4S3/c1-15(2)19-9-7-17(5)11-21(19)31-23(29)13-33-25-27-28-26(35-25)34-14-24(30)32-22-12-18(6)8-10-20(22)16(3)4/h15-22H,7-14H2,1-6H3/t17-,18-,19-,20+,21-,22-/m1/s1. The Morgan fingerprint density at radius 2 is 1.20 bits per heavy atom. The van der Waals surface area contributed by atoms with Crippen LogP contribution in [0.25, 0.3) is 0 Å². The molecule has 2 saturated carbocycles. The summed E-state index contributed by atoms with van der Waals surface area (Å²) >= 11 is 4.12. The third kappa shape index (κ3) is 8.92. The van der Waals surface area contributed by atoms with Crippen molar-refractivity contribution in [3.63, 3.8) is 0 Å². The lowest BCUT2D eigenvalue weighted by atomic mass is 9.75. The van der Waals surface area contributed by atoms with Gasteiger partial charge in [0.25, 0.3) is 0 Å². The first kappa shape index (κ1) is 28.8. The number of nitrogens with zero attached hydrogens (tertiary/aromatic N) is 2. The lowest BCUT2D eigenvalue weighted by Gasteiger charge is -2.36. The number of aromatic nitrogens is 2. The SMILES string of the molecule is CC(C)[C@H]1CC[C@@H](C)C[C@H]1OC(=O)CSc1nnc(SCC(=O)O[C@@H]2C[C@H](C)CC[C@H]2C(C)C)s1. The van der Waals surface area contributed by atoms with Gasteiger partial charge in [0.1, 0.15) is 12.2 Å². The number of carbonyl (C=O) groups excluding carboxylic acids is 2. The minimum Gasteiger partial charge on any atom is -0.461 e. The fraction of sp³-hybridized carbons (Fsp3) is 0.846. The smallest absolute Gasteiger partial charge is 0.316 e. The Hall–Kier alpha value is -0.800. The van der Waals surface area contributed by atoms with E-state index in [0.29, 0.717) is 35.5 Å². The first-order chi connectivity index (χ1) is 16.6. The number of hydrogen-bond acceptors (Lipinski definition) is 9. The normalized spacial score (nSPS) is 29.4. The van der Waals surface area contributed by atoms with E-state index in [9.17, 15) is 9.59 Å². The number of esters is 2. The Bertz CT molecular complexity index is 767. The van der Waals surface area contributed by atoms with E-state index in [1.807, 2.05) is 0 Å². The summed E-state index contributed by atoms with van der Waals surface area (Å²) in [6.07, 6.45) is 6.61. The number of hydrogen-bond donors (Lipinski definition) is 0. The lowest BCUT2D eigenvalue weighted by molar-refractivity contribution is -0.153. The molecule has 2 aliphatic carbocycles. The van der Waals surface area contributed by atoms with E-state index in [0.717, 1.165) is 34.4 Å². The number of carbonyl (C=O) groups is 2. The van der Waals surface area contributed by atoms with Crippen molar-refractivity contribution in [3.05, 3.63) is 0 Å². The fourth-order valence-corrected chi connectivity index (χ4v) is 8.05. The Morgan fingerprint density at radius 3 is 1.57 bits per heavy atom.